The van der Waals surface area contributed by atoms with E-state index in [0.29, 0.717) is 0 Å². The molecule has 2 N–H and O–H groups in total. The van der Waals surface area contributed by atoms with Gasteiger partial charge in [0, 0.05) is 0 Å². The summed E-state index contributed by atoms with van der Waals surface area (Å²) in [7, 11) is 0. The number of hydrogen-bond donors (Lipinski definition) is 2. The molecule has 0 aliphatic heterocycles. The minimum atomic E-state index is -1.83. The Morgan fingerprint density at radius 3 is 1.70 bits per heavy atom. The fourth-order valence-corrected chi connectivity index (χ4v) is 10.2. The van der Waals surface area contributed by atoms with Gasteiger partial charge in [0.15, 0.2) is 0 Å². The van der Waals surface area contributed by atoms with Crippen LogP contribution in [0.4, 0.5) is 0 Å². The second kappa shape index (κ2) is 12.6. The zero-order chi connectivity index (χ0) is 15.1. The minimum absolute atomic E-state index is 0. The van der Waals surface area contributed by atoms with Gasteiger partial charge in [-0.15, -0.1) is 0 Å². The fourth-order valence-electron chi connectivity index (χ4n) is 3.21. The van der Waals surface area contributed by atoms with E-state index in [1.54, 1.807) is 6.56 Å². The van der Waals surface area contributed by atoms with E-state index in [2.05, 4.69) is 34.9 Å². The molecule has 0 atom stereocenters. The summed E-state index contributed by atoms with van der Waals surface area (Å²) in [5.41, 5.74) is 3.00. The summed E-state index contributed by atoms with van der Waals surface area (Å²) in [5.74, 6) is 0. The van der Waals surface area contributed by atoms with Gasteiger partial charge in [-0.3, -0.25) is 0 Å². The van der Waals surface area contributed by atoms with Crippen LogP contribution in [0, 0.1) is 0 Å². The van der Waals surface area contributed by atoms with Gasteiger partial charge in [0.25, 0.3) is 0 Å². The average Bonchev–Trinajstić information content (AvgIpc) is 3.14. The molecule has 0 saturated heterocycles. The standard InChI is InChI=1S/2C8H11O.C2H4.2ClH.Zr/c2*9-7-3-6-8-4-1-2-5-8;1-2;;;/h2*1,4,9H,2-3,6-7H2;1H,2H3;2*1H;/q;;;;;+2/p-2. The van der Waals surface area contributed by atoms with Crippen LogP contribution in [0.2, 0.25) is 0 Å². The van der Waals surface area contributed by atoms with Crippen LogP contribution in [0.1, 0.15) is 45.4 Å². The maximum Gasteiger partial charge on any atom is -1.00 e. The molecule has 0 amide bonds. The zero-order valence-corrected chi connectivity index (χ0v) is 17.7. The van der Waals surface area contributed by atoms with E-state index < -0.39 is 21.3 Å². The van der Waals surface area contributed by atoms with Gasteiger partial charge in [-0.2, -0.15) is 0 Å². The van der Waals surface area contributed by atoms with Crippen LogP contribution in [0.5, 0.6) is 0 Å². The SMILES string of the molecule is C[CH]=[Zr+2]([C]1=C(CCCO)C=CC1)[C]1=C(CCCO)C=CC1.[Cl-].[Cl-]. The number of halogens is 2. The molecule has 0 unspecified atom stereocenters. The Balaban J connectivity index is 0.00000242. The number of aliphatic hydroxyl groups excluding tert-OH is 2. The monoisotopic (exact) mass is 434 g/mol. The second-order valence-corrected chi connectivity index (χ2v) is 12.0. The molecule has 128 valence electrons. The van der Waals surface area contributed by atoms with Crippen LogP contribution in [0.15, 0.2) is 42.0 Å². The average molecular weight is 437 g/mol. The van der Waals surface area contributed by atoms with Gasteiger partial charge in [0.05, 0.1) is 0 Å². The Hall–Kier alpha value is 0.213. The third kappa shape index (κ3) is 6.22. The first kappa shape index (κ1) is 23.2. The Morgan fingerprint density at radius 1 is 0.913 bits per heavy atom. The van der Waals surface area contributed by atoms with Crippen LogP contribution in [-0.4, -0.2) is 27.1 Å². The normalized spacial score (nSPS) is 15.4. The predicted molar refractivity (Wildman–Crippen MR) is 85.9 cm³/mol. The van der Waals surface area contributed by atoms with E-state index in [1.807, 2.05) is 0 Å². The van der Waals surface area contributed by atoms with Crippen molar-refractivity contribution in [3.8, 4) is 0 Å². The first-order valence-electron chi connectivity index (χ1n) is 7.97. The molecular formula is C18H26Cl2O2Zr. The van der Waals surface area contributed by atoms with Crippen molar-refractivity contribution in [1.82, 2.24) is 0 Å². The van der Waals surface area contributed by atoms with E-state index in [4.69, 9.17) is 10.2 Å². The Labute approximate surface area is 160 Å². The van der Waals surface area contributed by atoms with Crippen molar-refractivity contribution in [1.29, 1.82) is 0 Å². The molecule has 0 radical (unpaired) electrons. The maximum absolute atomic E-state index is 9.08. The van der Waals surface area contributed by atoms with Crippen LogP contribution in [-0.2, 0) is 21.3 Å². The fraction of sp³-hybridized carbons (Fsp3) is 0.500. The Kier molecular flexibility index (Phi) is 12.7. The van der Waals surface area contributed by atoms with E-state index in [1.165, 1.54) is 11.1 Å². The zero-order valence-electron chi connectivity index (χ0n) is 13.7. The van der Waals surface area contributed by atoms with Gasteiger partial charge in [-0.05, 0) is 0 Å². The van der Waals surface area contributed by atoms with Crippen LogP contribution >= 0.6 is 0 Å². The molecule has 0 aromatic heterocycles. The summed E-state index contributed by atoms with van der Waals surface area (Å²) in [4.78, 5) is 0. The molecule has 0 spiro atoms. The largest absolute Gasteiger partial charge is 1.00 e. The quantitative estimate of drug-likeness (QED) is 0.439. The molecule has 2 rings (SSSR count). The van der Waals surface area contributed by atoms with Crippen molar-refractivity contribution in [2.24, 2.45) is 0 Å². The summed E-state index contributed by atoms with van der Waals surface area (Å²) in [6.45, 7) is 2.80. The van der Waals surface area contributed by atoms with Crippen LogP contribution in [0.25, 0.3) is 0 Å². The molecule has 0 heterocycles. The molecule has 0 fully saturated rings. The second-order valence-electron chi connectivity index (χ2n) is 5.58. The molecule has 0 bridgehead atoms. The molecule has 2 aliphatic carbocycles. The minimum Gasteiger partial charge on any atom is -1.00 e. The third-order valence-electron chi connectivity index (χ3n) is 4.20. The Bertz CT molecular complexity index is 487. The first-order valence-corrected chi connectivity index (χ1v) is 11.9. The summed E-state index contributed by atoms with van der Waals surface area (Å²) in [6.07, 6.45) is 15.2. The predicted octanol–water partition coefficient (Wildman–Crippen LogP) is -2.59. The summed E-state index contributed by atoms with van der Waals surface area (Å²) < 4.78 is 5.91. The Morgan fingerprint density at radius 2 is 1.35 bits per heavy atom. The van der Waals surface area contributed by atoms with Crippen molar-refractivity contribution in [2.45, 2.75) is 45.4 Å². The molecule has 0 aromatic rings. The van der Waals surface area contributed by atoms with E-state index in [-0.39, 0.29) is 38.0 Å². The number of hydrogen-bond acceptors (Lipinski definition) is 2. The van der Waals surface area contributed by atoms with Gasteiger partial charge in [0.1, 0.15) is 0 Å². The van der Waals surface area contributed by atoms with Crippen molar-refractivity contribution in [3.63, 3.8) is 0 Å². The van der Waals surface area contributed by atoms with E-state index in [0.717, 1.165) is 38.5 Å². The summed E-state index contributed by atoms with van der Waals surface area (Å²) >= 11 is -1.83. The molecule has 0 aromatic carbocycles. The van der Waals surface area contributed by atoms with Gasteiger partial charge < -0.3 is 24.8 Å². The van der Waals surface area contributed by atoms with Crippen LogP contribution < -0.4 is 24.8 Å². The molecule has 5 heteroatoms. The summed E-state index contributed by atoms with van der Waals surface area (Å²) in [5, 5.41) is 18.2. The van der Waals surface area contributed by atoms with Crippen molar-refractivity contribution >= 4 is 3.71 Å². The van der Waals surface area contributed by atoms with Crippen molar-refractivity contribution < 1.29 is 56.3 Å². The van der Waals surface area contributed by atoms with Gasteiger partial charge in [0.2, 0.25) is 0 Å². The molecular weight excluding hydrogens is 410 g/mol. The molecule has 2 nitrogen and oxygen atoms in total. The molecule has 2 aliphatic rings. The number of allylic oxidation sites excluding steroid dienone is 8. The topological polar surface area (TPSA) is 40.5 Å². The van der Waals surface area contributed by atoms with E-state index >= 15 is 0 Å². The number of rotatable bonds is 8. The van der Waals surface area contributed by atoms with Crippen molar-refractivity contribution in [2.75, 3.05) is 13.2 Å². The maximum atomic E-state index is 9.08. The first-order chi connectivity index (χ1) is 10.3. The summed E-state index contributed by atoms with van der Waals surface area (Å²) in [6, 6.07) is 0. The van der Waals surface area contributed by atoms with Gasteiger partial charge in [-0.1, -0.05) is 0 Å². The van der Waals surface area contributed by atoms with Gasteiger partial charge >= 0.3 is 136 Å². The molecule has 0 saturated carbocycles. The molecule has 23 heavy (non-hydrogen) atoms. The smallest absolute Gasteiger partial charge is 1.00 e. The van der Waals surface area contributed by atoms with Gasteiger partial charge in [-0.25, -0.2) is 0 Å². The van der Waals surface area contributed by atoms with Crippen molar-refractivity contribution in [3.05, 3.63) is 42.0 Å². The van der Waals surface area contributed by atoms with E-state index in [9.17, 15) is 0 Å². The van der Waals surface area contributed by atoms with Crippen LogP contribution in [0.3, 0.4) is 0 Å². The number of aliphatic hydroxyl groups is 2. The third-order valence-corrected chi connectivity index (χ3v) is 11.4.